The van der Waals surface area contributed by atoms with E-state index in [1.165, 1.54) is 0 Å². The molecule has 3 rings (SSSR count). The second kappa shape index (κ2) is 5.71. The van der Waals surface area contributed by atoms with Crippen molar-refractivity contribution in [1.82, 2.24) is 4.98 Å². The summed E-state index contributed by atoms with van der Waals surface area (Å²) in [5.41, 5.74) is 3.13. The van der Waals surface area contributed by atoms with Crippen LogP contribution >= 0.6 is 15.9 Å². The molecule has 1 aliphatic rings. The Hall–Kier alpha value is -1.75. The summed E-state index contributed by atoms with van der Waals surface area (Å²) in [4.78, 5) is 4.38. The van der Waals surface area contributed by atoms with Gasteiger partial charge in [0.05, 0.1) is 17.9 Å². The summed E-state index contributed by atoms with van der Waals surface area (Å²) in [5.74, 6) is 1.56. The van der Waals surface area contributed by atoms with Crippen LogP contribution in [0.3, 0.4) is 0 Å². The van der Waals surface area contributed by atoms with Crippen molar-refractivity contribution in [3.05, 3.63) is 46.2 Å². The summed E-state index contributed by atoms with van der Waals surface area (Å²) < 4.78 is 12.1. The number of aryl methyl sites for hydroxylation is 1. The molecule has 1 aliphatic heterocycles. The van der Waals surface area contributed by atoms with Gasteiger partial charge in [0.25, 0.3) is 0 Å². The van der Waals surface area contributed by atoms with Crippen LogP contribution < -0.4 is 14.8 Å². The van der Waals surface area contributed by atoms with Crippen molar-refractivity contribution in [3.8, 4) is 11.5 Å². The van der Waals surface area contributed by atoms with Crippen LogP contribution in [0.4, 0.5) is 5.69 Å². The molecule has 0 unspecified atom stereocenters. The fourth-order valence-corrected chi connectivity index (χ4v) is 2.45. The zero-order valence-corrected chi connectivity index (χ0v) is 12.7. The predicted octanol–water partition coefficient (Wildman–Crippen LogP) is 3.54. The van der Waals surface area contributed by atoms with Gasteiger partial charge in [0.15, 0.2) is 11.5 Å². The van der Waals surface area contributed by atoms with Crippen LogP contribution in [0.2, 0.25) is 0 Å². The second-order valence-corrected chi connectivity index (χ2v) is 5.51. The van der Waals surface area contributed by atoms with Crippen LogP contribution in [-0.2, 0) is 6.54 Å². The summed E-state index contributed by atoms with van der Waals surface area (Å²) in [5, 5.41) is 3.35. The van der Waals surface area contributed by atoms with Gasteiger partial charge in [-0.3, -0.25) is 4.98 Å². The number of benzene rings is 1. The Labute approximate surface area is 126 Å². The van der Waals surface area contributed by atoms with Gasteiger partial charge in [-0.25, -0.2) is 0 Å². The van der Waals surface area contributed by atoms with Crippen molar-refractivity contribution in [2.75, 3.05) is 18.5 Å². The number of anilines is 1. The van der Waals surface area contributed by atoms with Gasteiger partial charge in [0.1, 0.15) is 13.2 Å². The topological polar surface area (TPSA) is 43.4 Å². The lowest BCUT2D eigenvalue weighted by Crippen LogP contribution is -2.15. The Bertz CT molecular complexity index is 614. The monoisotopic (exact) mass is 334 g/mol. The molecule has 0 amide bonds. The first-order valence-electron chi connectivity index (χ1n) is 6.47. The summed E-state index contributed by atoms with van der Waals surface area (Å²) >= 11 is 3.54. The molecule has 20 heavy (non-hydrogen) atoms. The van der Waals surface area contributed by atoms with E-state index in [0.717, 1.165) is 32.9 Å². The van der Waals surface area contributed by atoms with Gasteiger partial charge in [0, 0.05) is 22.8 Å². The number of nitrogens with one attached hydrogen (secondary N) is 1. The van der Waals surface area contributed by atoms with Crippen molar-refractivity contribution >= 4 is 21.6 Å². The van der Waals surface area contributed by atoms with Crippen LogP contribution in [-0.4, -0.2) is 18.2 Å². The fourth-order valence-electron chi connectivity index (χ4n) is 1.99. The van der Waals surface area contributed by atoms with Crippen molar-refractivity contribution in [2.24, 2.45) is 0 Å². The van der Waals surface area contributed by atoms with Gasteiger partial charge in [-0.05, 0) is 34.5 Å². The number of halogens is 1. The van der Waals surface area contributed by atoms with E-state index in [4.69, 9.17) is 9.47 Å². The summed E-state index contributed by atoms with van der Waals surface area (Å²) in [6, 6.07) is 7.96. The molecule has 0 atom stereocenters. The van der Waals surface area contributed by atoms with Gasteiger partial charge in [-0.1, -0.05) is 6.07 Å². The minimum atomic E-state index is 0.591. The van der Waals surface area contributed by atoms with E-state index in [2.05, 4.69) is 32.3 Å². The zero-order chi connectivity index (χ0) is 13.9. The summed E-state index contributed by atoms with van der Waals surface area (Å²) in [6.45, 7) is 3.88. The van der Waals surface area contributed by atoms with E-state index < -0.39 is 0 Å². The molecule has 104 valence electrons. The smallest absolute Gasteiger partial charge is 0.163 e. The number of aromatic nitrogens is 1. The van der Waals surface area contributed by atoms with E-state index in [1.807, 2.05) is 31.3 Å². The van der Waals surface area contributed by atoms with Gasteiger partial charge in [0.2, 0.25) is 0 Å². The molecular formula is C15H15BrN2O2. The molecular weight excluding hydrogens is 320 g/mol. The van der Waals surface area contributed by atoms with Crippen LogP contribution in [0.15, 0.2) is 34.9 Å². The Morgan fingerprint density at radius 1 is 1.20 bits per heavy atom. The first kappa shape index (κ1) is 13.2. The molecule has 0 saturated heterocycles. The maximum absolute atomic E-state index is 5.59. The molecule has 0 fully saturated rings. The number of hydrogen-bond donors (Lipinski definition) is 1. The second-order valence-electron chi connectivity index (χ2n) is 4.66. The largest absolute Gasteiger partial charge is 0.486 e. The van der Waals surface area contributed by atoms with Crippen LogP contribution in [0.1, 0.15) is 11.3 Å². The van der Waals surface area contributed by atoms with Gasteiger partial charge < -0.3 is 14.8 Å². The molecule has 1 N–H and O–H groups in total. The molecule has 1 aromatic heterocycles. The summed E-state index contributed by atoms with van der Waals surface area (Å²) in [7, 11) is 0. The Morgan fingerprint density at radius 3 is 2.65 bits per heavy atom. The van der Waals surface area contributed by atoms with E-state index in [1.54, 1.807) is 0 Å². The average molecular weight is 335 g/mol. The van der Waals surface area contributed by atoms with E-state index in [9.17, 15) is 0 Å². The third-order valence-corrected chi connectivity index (χ3v) is 3.72. The number of rotatable bonds is 3. The molecule has 1 aromatic carbocycles. The lowest BCUT2D eigenvalue weighted by Gasteiger charge is -2.20. The number of fused-ring (bicyclic) bond motifs is 1. The molecule has 2 heterocycles. The highest BCUT2D eigenvalue weighted by molar-refractivity contribution is 9.10. The standard InChI is InChI=1S/C15H15BrN2O2/c1-10-2-3-11(17-8-10)9-18-13-7-15-14(6-12(13)16)19-4-5-20-15/h2-3,6-8,18H,4-5,9H2,1H3. The Morgan fingerprint density at radius 2 is 1.95 bits per heavy atom. The third kappa shape index (κ3) is 2.88. The number of pyridine rings is 1. The highest BCUT2D eigenvalue weighted by Crippen LogP contribution is 2.38. The molecule has 4 nitrogen and oxygen atoms in total. The molecule has 0 spiro atoms. The molecule has 5 heteroatoms. The highest BCUT2D eigenvalue weighted by Gasteiger charge is 2.14. The van der Waals surface area contributed by atoms with E-state index >= 15 is 0 Å². The van der Waals surface area contributed by atoms with Crippen molar-refractivity contribution in [1.29, 1.82) is 0 Å². The van der Waals surface area contributed by atoms with Crippen molar-refractivity contribution in [2.45, 2.75) is 13.5 Å². The SMILES string of the molecule is Cc1ccc(CNc2cc3c(cc2Br)OCCO3)nc1. The first-order chi connectivity index (χ1) is 9.72. The number of hydrogen-bond acceptors (Lipinski definition) is 4. The lowest BCUT2D eigenvalue weighted by molar-refractivity contribution is 0.171. The van der Waals surface area contributed by atoms with Crippen LogP contribution in [0.5, 0.6) is 11.5 Å². The van der Waals surface area contributed by atoms with E-state index in [-0.39, 0.29) is 0 Å². The molecule has 2 aromatic rings. The number of ether oxygens (including phenoxy) is 2. The third-order valence-electron chi connectivity index (χ3n) is 3.06. The summed E-state index contributed by atoms with van der Waals surface area (Å²) in [6.07, 6.45) is 1.87. The number of nitrogens with zero attached hydrogens (tertiary/aromatic N) is 1. The van der Waals surface area contributed by atoms with Crippen molar-refractivity contribution < 1.29 is 9.47 Å². The molecule has 0 aliphatic carbocycles. The highest BCUT2D eigenvalue weighted by atomic mass is 79.9. The zero-order valence-electron chi connectivity index (χ0n) is 11.1. The van der Waals surface area contributed by atoms with Gasteiger partial charge in [-0.15, -0.1) is 0 Å². The quantitative estimate of drug-likeness (QED) is 0.932. The van der Waals surface area contributed by atoms with Gasteiger partial charge >= 0.3 is 0 Å². The normalized spacial score (nSPS) is 13.1. The molecule has 0 saturated carbocycles. The fraction of sp³-hybridized carbons (Fsp3) is 0.267. The predicted molar refractivity (Wildman–Crippen MR) is 81.4 cm³/mol. The van der Waals surface area contributed by atoms with Crippen molar-refractivity contribution in [3.63, 3.8) is 0 Å². The molecule has 0 radical (unpaired) electrons. The maximum atomic E-state index is 5.59. The molecule has 0 bridgehead atoms. The maximum Gasteiger partial charge on any atom is 0.163 e. The minimum absolute atomic E-state index is 0.591. The Kier molecular flexibility index (Phi) is 3.78. The van der Waals surface area contributed by atoms with Crippen LogP contribution in [0, 0.1) is 6.92 Å². The Balaban J connectivity index is 1.75. The average Bonchev–Trinajstić information content (AvgIpc) is 2.47. The van der Waals surface area contributed by atoms with Gasteiger partial charge in [-0.2, -0.15) is 0 Å². The lowest BCUT2D eigenvalue weighted by atomic mass is 10.2. The minimum Gasteiger partial charge on any atom is -0.486 e. The van der Waals surface area contributed by atoms with Crippen LogP contribution in [0.25, 0.3) is 0 Å². The van der Waals surface area contributed by atoms with E-state index in [0.29, 0.717) is 19.8 Å². The first-order valence-corrected chi connectivity index (χ1v) is 7.26.